The van der Waals surface area contributed by atoms with Crippen molar-refractivity contribution in [2.24, 2.45) is 4.99 Å². The van der Waals surface area contributed by atoms with Crippen LogP contribution in [0.15, 0.2) is 4.99 Å². The van der Waals surface area contributed by atoms with Crippen molar-refractivity contribution in [2.45, 2.75) is 6.92 Å². The molecular weight excluding hydrogens is 154 g/mol. The molecule has 0 bridgehead atoms. The SMILES string of the molecule is CCOC(=O)C(=S)N=C=O. The number of ether oxygens (including phenoxy) is 1. The van der Waals surface area contributed by atoms with Gasteiger partial charge in [-0.25, -0.2) is 9.59 Å². The first kappa shape index (κ1) is 8.94. The average molecular weight is 159 g/mol. The Bertz CT molecular complexity index is 195. The normalized spacial score (nSPS) is 7.70. The van der Waals surface area contributed by atoms with Gasteiger partial charge in [0.25, 0.3) is 0 Å². The molecule has 0 atom stereocenters. The quantitative estimate of drug-likeness (QED) is 0.237. The molecule has 54 valence electrons. The maximum absolute atomic E-state index is 10.5. The second kappa shape index (κ2) is 4.78. The highest BCUT2D eigenvalue weighted by Crippen LogP contribution is 1.84. The van der Waals surface area contributed by atoms with Crippen molar-refractivity contribution in [3.8, 4) is 0 Å². The number of thiocarbonyl (C=S) groups is 1. The molecule has 10 heavy (non-hydrogen) atoms. The fraction of sp³-hybridized carbons (Fsp3) is 0.400. The van der Waals surface area contributed by atoms with Crippen LogP contribution < -0.4 is 0 Å². The average Bonchev–Trinajstić information content (AvgIpc) is 1.89. The lowest BCUT2D eigenvalue weighted by atomic mass is 10.7. The van der Waals surface area contributed by atoms with Crippen LogP contribution in [0.1, 0.15) is 6.92 Å². The van der Waals surface area contributed by atoms with Crippen molar-refractivity contribution in [3.05, 3.63) is 0 Å². The van der Waals surface area contributed by atoms with E-state index in [2.05, 4.69) is 21.9 Å². The van der Waals surface area contributed by atoms with Crippen LogP contribution in [0.25, 0.3) is 0 Å². The molecule has 0 aromatic heterocycles. The van der Waals surface area contributed by atoms with Gasteiger partial charge in [-0.3, -0.25) is 0 Å². The van der Waals surface area contributed by atoms with E-state index in [9.17, 15) is 9.59 Å². The monoisotopic (exact) mass is 159 g/mol. The lowest BCUT2D eigenvalue weighted by Crippen LogP contribution is -2.12. The van der Waals surface area contributed by atoms with Crippen molar-refractivity contribution < 1.29 is 14.3 Å². The maximum Gasteiger partial charge on any atom is 0.369 e. The molecule has 0 saturated heterocycles. The van der Waals surface area contributed by atoms with E-state index in [-0.39, 0.29) is 6.61 Å². The van der Waals surface area contributed by atoms with E-state index in [0.29, 0.717) is 0 Å². The van der Waals surface area contributed by atoms with E-state index in [0.717, 1.165) is 6.08 Å². The minimum Gasteiger partial charge on any atom is -0.461 e. The molecule has 4 nitrogen and oxygen atoms in total. The van der Waals surface area contributed by atoms with Gasteiger partial charge in [0.15, 0.2) is 0 Å². The summed E-state index contributed by atoms with van der Waals surface area (Å²) in [6.45, 7) is 1.85. The number of nitrogens with zero attached hydrogens (tertiary/aromatic N) is 1. The zero-order valence-electron chi connectivity index (χ0n) is 5.29. The van der Waals surface area contributed by atoms with E-state index < -0.39 is 11.0 Å². The Hall–Kier alpha value is -1.06. The number of isocyanates is 1. The van der Waals surface area contributed by atoms with Gasteiger partial charge in [0.05, 0.1) is 6.61 Å². The van der Waals surface area contributed by atoms with Gasteiger partial charge in [-0.05, 0) is 19.1 Å². The number of esters is 1. The van der Waals surface area contributed by atoms with Crippen LogP contribution >= 0.6 is 12.2 Å². The molecule has 0 heterocycles. The molecule has 0 N–H and O–H groups in total. The van der Waals surface area contributed by atoms with Crippen molar-refractivity contribution in [1.29, 1.82) is 0 Å². The molecule has 0 spiro atoms. The van der Waals surface area contributed by atoms with Gasteiger partial charge in [-0.2, -0.15) is 0 Å². The predicted molar refractivity (Wildman–Crippen MR) is 37.4 cm³/mol. The maximum atomic E-state index is 10.5. The third-order valence-electron chi connectivity index (χ3n) is 0.597. The smallest absolute Gasteiger partial charge is 0.369 e. The molecule has 0 rings (SSSR count). The van der Waals surface area contributed by atoms with E-state index in [1.165, 1.54) is 0 Å². The highest BCUT2D eigenvalue weighted by Gasteiger charge is 2.06. The number of hydrogen-bond acceptors (Lipinski definition) is 4. The third kappa shape index (κ3) is 3.06. The Labute approximate surface area is 62.9 Å². The van der Waals surface area contributed by atoms with E-state index in [4.69, 9.17) is 0 Å². The molecule has 5 heteroatoms. The lowest BCUT2D eigenvalue weighted by Gasteiger charge is -1.94. The molecule has 0 aliphatic heterocycles. The Morgan fingerprint density at radius 1 is 1.80 bits per heavy atom. The fourth-order valence-electron chi connectivity index (χ4n) is 0.280. The minimum atomic E-state index is -0.763. The van der Waals surface area contributed by atoms with Gasteiger partial charge in [-0.1, -0.05) is 0 Å². The van der Waals surface area contributed by atoms with E-state index in [1.54, 1.807) is 6.92 Å². The highest BCUT2D eigenvalue weighted by atomic mass is 32.1. The highest BCUT2D eigenvalue weighted by molar-refractivity contribution is 7.82. The second-order valence-electron chi connectivity index (χ2n) is 1.23. The Kier molecular flexibility index (Phi) is 4.28. The predicted octanol–water partition coefficient (Wildman–Crippen LogP) is 0.213. The minimum absolute atomic E-state index is 0.216. The summed E-state index contributed by atoms with van der Waals surface area (Å²) in [6, 6.07) is 0. The summed E-state index contributed by atoms with van der Waals surface area (Å²) in [4.78, 5) is 22.5. The molecule has 0 amide bonds. The molecular formula is C5H5NO3S. The van der Waals surface area contributed by atoms with Crippen molar-refractivity contribution in [1.82, 2.24) is 0 Å². The zero-order valence-corrected chi connectivity index (χ0v) is 6.10. The molecule has 0 aliphatic rings. The molecule has 0 aromatic carbocycles. The summed E-state index contributed by atoms with van der Waals surface area (Å²) in [5.74, 6) is -0.763. The summed E-state index contributed by atoms with van der Waals surface area (Å²) in [7, 11) is 0. The van der Waals surface area contributed by atoms with Gasteiger partial charge in [0.2, 0.25) is 11.1 Å². The number of rotatable bonds is 1. The first-order valence-electron chi connectivity index (χ1n) is 2.51. The first-order valence-corrected chi connectivity index (χ1v) is 2.92. The molecule has 0 unspecified atom stereocenters. The third-order valence-corrected chi connectivity index (χ3v) is 0.855. The van der Waals surface area contributed by atoms with Crippen LogP contribution in [0.5, 0.6) is 0 Å². The summed E-state index contributed by atoms with van der Waals surface area (Å²) in [5.41, 5.74) is 0. The molecule has 0 saturated carbocycles. The molecule has 0 aromatic rings. The standard InChI is InChI=1S/C5H5NO3S/c1-2-9-5(8)4(10)6-3-7/h2H2,1H3. The van der Waals surface area contributed by atoms with Crippen LogP contribution in [-0.2, 0) is 14.3 Å². The Balaban J connectivity index is 3.95. The molecule has 0 radical (unpaired) electrons. The number of hydrogen-bond donors (Lipinski definition) is 0. The van der Waals surface area contributed by atoms with Gasteiger partial charge < -0.3 is 4.74 Å². The summed E-state index contributed by atoms with van der Waals surface area (Å²) in [5, 5.41) is 0. The van der Waals surface area contributed by atoms with Gasteiger partial charge in [0.1, 0.15) is 0 Å². The largest absolute Gasteiger partial charge is 0.461 e. The van der Waals surface area contributed by atoms with E-state index >= 15 is 0 Å². The second-order valence-corrected chi connectivity index (χ2v) is 1.62. The fourth-order valence-corrected chi connectivity index (χ4v) is 0.376. The number of carbonyl (C=O) groups excluding carboxylic acids is 2. The van der Waals surface area contributed by atoms with Crippen molar-refractivity contribution in [3.63, 3.8) is 0 Å². The Morgan fingerprint density at radius 2 is 2.40 bits per heavy atom. The summed E-state index contributed by atoms with van der Waals surface area (Å²) < 4.78 is 4.40. The molecule has 0 aliphatic carbocycles. The van der Waals surface area contributed by atoms with Crippen LogP contribution in [0.3, 0.4) is 0 Å². The van der Waals surface area contributed by atoms with Crippen molar-refractivity contribution in [2.75, 3.05) is 6.61 Å². The van der Waals surface area contributed by atoms with Gasteiger partial charge in [0, 0.05) is 0 Å². The topological polar surface area (TPSA) is 55.7 Å². The van der Waals surface area contributed by atoms with E-state index in [1.807, 2.05) is 0 Å². The summed E-state index contributed by atoms with van der Waals surface area (Å²) in [6.07, 6.45) is 1.14. The lowest BCUT2D eigenvalue weighted by molar-refractivity contribution is -0.134. The van der Waals surface area contributed by atoms with Crippen molar-refractivity contribution >= 4 is 29.3 Å². The van der Waals surface area contributed by atoms with Crippen LogP contribution in [0.4, 0.5) is 0 Å². The number of carbonyl (C=O) groups is 1. The number of aliphatic imine (C=N–C) groups is 1. The molecule has 0 fully saturated rings. The Morgan fingerprint density at radius 3 is 2.80 bits per heavy atom. The van der Waals surface area contributed by atoms with Gasteiger partial charge >= 0.3 is 5.97 Å². The zero-order chi connectivity index (χ0) is 7.98. The van der Waals surface area contributed by atoms with Crippen LogP contribution in [0.2, 0.25) is 0 Å². The summed E-state index contributed by atoms with van der Waals surface area (Å²) >= 11 is 4.34. The van der Waals surface area contributed by atoms with Crippen LogP contribution in [-0.4, -0.2) is 23.6 Å². The van der Waals surface area contributed by atoms with Gasteiger partial charge in [-0.15, -0.1) is 4.99 Å². The van der Waals surface area contributed by atoms with Crippen LogP contribution in [0, 0.1) is 0 Å². The first-order chi connectivity index (χ1) is 4.72.